The van der Waals surface area contributed by atoms with Gasteiger partial charge in [-0.05, 0) is 68.0 Å². The molecule has 0 saturated heterocycles. The van der Waals surface area contributed by atoms with Crippen LogP contribution in [0.4, 0.5) is 0 Å². The molecule has 0 amide bonds. The van der Waals surface area contributed by atoms with Crippen molar-refractivity contribution in [1.82, 2.24) is 0 Å². The molecule has 3 nitrogen and oxygen atoms in total. The van der Waals surface area contributed by atoms with Crippen LogP contribution in [0.1, 0.15) is 35.3 Å². The van der Waals surface area contributed by atoms with Crippen molar-refractivity contribution >= 4 is 11.3 Å². The molecule has 0 radical (unpaired) electrons. The monoisotopic (exact) mass is 391 g/mol. The lowest BCUT2D eigenvalue weighted by atomic mass is 9.88. The quantitative estimate of drug-likeness (QED) is 0.429. The fourth-order valence-electron chi connectivity index (χ4n) is 4.25. The molecule has 0 fully saturated rings. The van der Waals surface area contributed by atoms with E-state index < -0.39 is 0 Å². The van der Waals surface area contributed by atoms with Crippen molar-refractivity contribution in [2.24, 2.45) is 5.73 Å². The lowest BCUT2D eigenvalue weighted by molar-refractivity contribution is 0.122. The molecule has 0 atom stereocenters. The zero-order valence-electron chi connectivity index (χ0n) is 16.0. The Morgan fingerprint density at radius 2 is 1.89 bits per heavy atom. The summed E-state index contributed by atoms with van der Waals surface area (Å²) in [7, 11) is 0. The van der Waals surface area contributed by atoms with E-state index in [2.05, 4.69) is 42.5 Å². The number of ether oxygens (including phenoxy) is 2. The zero-order valence-corrected chi connectivity index (χ0v) is 16.8. The molecule has 2 aromatic carbocycles. The summed E-state index contributed by atoms with van der Waals surface area (Å²) >= 11 is 1.83. The maximum absolute atomic E-state index is 6.56. The number of hydrogen-bond donors (Lipinski definition) is 1. The Hall–Kier alpha value is -2.14. The molecule has 2 aliphatic rings. The van der Waals surface area contributed by atoms with Crippen molar-refractivity contribution in [3.63, 3.8) is 0 Å². The van der Waals surface area contributed by atoms with E-state index in [0.717, 1.165) is 30.8 Å². The van der Waals surface area contributed by atoms with Crippen LogP contribution in [0.2, 0.25) is 0 Å². The Morgan fingerprint density at radius 1 is 1.00 bits per heavy atom. The van der Waals surface area contributed by atoms with Gasteiger partial charge in [0.15, 0.2) is 0 Å². The normalized spacial score (nSPS) is 14.3. The van der Waals surface area contributed by atoms with Gasteiger partial charge in [0.05, 0.1) is 6.61 Å². The first-order valence-corrected chi connectivity index (χ1v) is 11.0. The molecule has 5 rings (SSSR count). The van der Waals surface area contributed by atoms with Gasteiger partial charge < -0.3 is 15.2 Å². The molecular weight excluding hydrogens is 366 g/mol. The van der Waals surface area contributed by atoms with E-state index in [1.165, 1.54) is 50.4 Å². The second kappa shape index (κ2) is 7.70. The van der Waals surface area contributed by atoms with Crippen molar-refractivity contribution in [1.29, 1.82) is 0 Å². The molecule has 0 spiro atoms. The highest BCUT2D eigenvalue weighted by Gasteiger charge is 2.27. The minimum absolute atomic E-state index is 0.640. The molecule has 1 aliphatic carbocycles. The van der Waals surface area contributed by atoms with E-state index in [-0.39, 0.29) is 0 Å². The SMILES string of the molecule is NCCCOCc1cc2c(s1)-c1ccc3c(c1Oc1ccccc1-2)CCCC3. The average Bonchev–Trinajstić information content (AvgIpc) is 3.10. The highest BCUT2D eigenvalue weighted by atomic mass is 32.1. The molecule has 28 heavy (non-hydrogen) atoms. The van der Waals surface area contributed by atoms with E-state index in [1.807, 2.05) is 11.3 Å². The van der Waals surface area contributed by atoms with Gasteiger partial charge in [-0.1, -0.05) is 24.3 Å². The van der Waals surface area contributed by atoms with Gasteiger partial charge >= 0.3 is 0 Å². The van der Waals surface area contributed by atoms with Crippen LogP contribution >= 0.6 is 11.3 Å². The van der Waals surface area contributed by atoms with Crippen molar-refractivity contribution in [2.75, 3.05) is 13.2 Å². The largest absolute Gasteiger partial charge is 0.456 e. The van der Waals surface area contributed by atoms with Crippen LogP contribution in [0.15, 0.2) is 42.5 Å². The first kappa shape index (κ1) is 17.9. The first-order valence-electron chi connectivity index (χ1n) is 10.2. The van der Waals surface area contributed by atoms with Gasteiger partial charge in [-0.2, -0.15) is 0 Å². The highest BCUT2D eigenvalue weighted by Crippen LogP contribution is 2.52. The van der Waals surface area contributed by atoms with Gasteiger partial charge in [-0.25, -0.2) is 0 Å². The van der Waals surface area contributed by atoms with Crippen molar-refractivity contribution in [3.8, 4) is 33.1 Å². The van der Waals surface area contributed by atoms with Crippen LogP contribution in [0, 0.1) is 0 Å². The molecule has 144 valence electrons. The van der Waals surface area contributed by atoms with Gasteiger partial charge in [0.25, 0.3) is 0 Å². The van der Waals surface area contributed by atoms with Gasteiger partial charge in [-0.15, -0.1) is 11.3 Å². The maximum atomic E-state index is 6.56. The van der Waals surface area contributed by atoms with Crippen LogP contribution in [0.25, 0.3) is 21.6 Å². The van der Waals surface area contributed by atoms with Gasteiger partial charge in [-0.3, -0.25) is 0 Å². The highest BCUT2D eigenvalue weighted by molar-refractivity contribution is 7.16. The summed E-state index contributed by atoms with van der Waals surface area (Å²) in [6.45, 7) is 2.02. The predicted molar refractivity (Wildman–Crippen MR) is 115 cm³/mol. The summed E-state index contributed by atoms with van der Waals surface area (Å²) in [6.07, 6.45) is 5.68. The number of benzene rings is 2. The summed E-state index contributed by atoms with van der Waals surface area (Å²) in [5.74, 6) is 2.02. The summed E-state index contributed by atoms with van der Waals surface area (Å²) in [5, 5.41) is 0. The van der Waals surface area contributed by atoms with Crippen molar-refractivity contribution in [2.45, 2.75) is 38.7 Å². The molecule has 0 unspecified atom stereocenters. The lowest BCUT2D eigenvalue weighted by Gasteiger charge is -2.21. The number of nitrogens with two attached hydrogens (primary N) is 1. The van der Waals surface area contributed by atoms with E-state index in [9.17, 15) is 0 Å². The smallest absolute Gasteiger partial charge is 0.139 e. The number of hydrogen-bond acceptors (Lipinski definition) is 4. The van der Waals surface area contributed by atoms with Crippen LogP contribution in [-0.2, 0) is 24.2 Å². The molecule has 2 heterocycles. The van der Waals surface area contributed by atoms with Gasteiger partial charge in [0.1, 0.15) is 11.5 Å². The van der Waals surface area contributed by atoms with Crippen molar-refractivity contribution in [3.05, 3.63) is 58.5 Å². The number of fused-ring (bicyclic) bond motifs is 7. The van der Waals surface area contributed by atoms with E-state index in [0.29, 0.717) is 19.8 Å². The Labute approximate surface area is 170 Å². The van der Waals surface area contributed by atoms with Crippen LogP contribution in [0.5, 0.6) is 11.5 Å². The Kier molecular flexibility index (Phi) is 4.93. The maximum Gasteiger partial charge on any atom is 0.139 e. The van der Waals surface area contributed by atoms with Crippen LogP contribution < -0.4 is 10.5 Å². The Bertz CT molecular complexity index is 1010. The molecule has 1 aliphatic heterocycles. The number of para-hydroxylation sites is 1. The number of rotatable bonds is 5. The fraction of sp³-hybridized carbons (Fsp3) is 0.333. The molecule has 4 heteroatoms. The topological polar surface area (TPSA) is 44.5 Å². The Morgan fingerprint density at radius 3 is 2.82 bits per heavy atom. The minimum atomic E-state index is 0.640. The third-order valence-corrected chi connectivity index (χ3v) is 6.78. The molecule has 0 bridgehead atoms. The number of thiophene rings is 1. The van der Waals surface area contributed by atoms with Gasteiger partial charge in [0, 0.05) is 33.1 Å². The molecule has 2 N–H and O–H groups in total. The third kappa shape index (κ3) is 3.16. The summed E-state index contributed by atoms with van der Waals surface area (Å²) in [5.41, 5.74) is 12.1. The standard InChI is InChI=1S/C24H25NO2S/c25-12-5-13-26-15-17-14-21-19-8-3-4-9-22(19)27-23-18-7-2-1-6-16(18)10-11-20(23)24(21)28-17/h3-4,8-11,14H,1-2,5-7,12-13,15,25H2. The van der Waals surface area contributed by atoms with E-state index in [1.54, 1.807) is 0 Å². The van der Waals surface area contributed by atoms with E-state index in [4.69, 9.17) is 15.2 Å². The fourth-order valence-corrected chi connectivity index (χ4v) is 5.38. The number of aryl methyl sites for hydroxylation is 1. The molecule has 3 aromatic rings. The third-order valence-electron chi connectivity index (χ3n) is 5.63. The summed E-state index contributed by atoms with van der Waals surface area (Å²) in [6, 6.07) is 15.3. The average molecular weight is 392 g/mol. The minimum Gasteiger partial charge on any atom is -0.456 e. The summed E-state index contributed by atoms with van der Waals surface area (Å²) < 4.78 is 12.4. The van der Waals surface area contributed by atoms with E-state index >= 15 is 0 Å². The molecular formula is C24H25NO2S. The predicted octanol–water partition coefficient (Wildman–Crippen LogP) is 5.93. The zero-order chi connectivity index (χ0) is 18.9. The van der Waals surface area contributed by atoms with Crippen LogP contribution in [-0.4, -0.2) is 13.2 Å². The van der Waals surface area contributed by atoms with Gasteiger partial charge in [0.2, 0.25) is 0 Å². The second-order valence-corrected chi connectivity index (χ2v) is 8.67. The molecule has 1 aromatic heterocycles. The second-order valence-electron chi connectivity index (χ2n) is 7.54. The lowest BCUT2D eigenvalue weighted by Crippen LogP contribution is -2.05. The van der Waals surface area contributed by atoms with Crippen LogP contribution in [0.3, 0.4) is 0 Å². The summed E-state index contributed by atoms with van der Waals surface area (Å²) in [4.78, 5) is 2.55. The first-order chi connectivity index (χ1) is 13.8. The molecule has 0 saturated carbocycles. The van der Waals surface area contributed by atoms with Crippen molar-refractivity contribution < 1.29 is 9.47 Å². The Balaban J connectivity index is 1.62.